The quantitative estimate of drug-likeness (QED) is 0.796. The third-order valence-corrected chi connectivity index (χ3v) is 2.86. The smallest absolute Gasteiger partial charge is 0.118 e. The first-order chi connectivity index (χ1) is 9.38. The average Bonchev–Trinajstić information content (AvgIpc) is 2.49. The average molecular weight is 253 g/mol. The van der Waals surface area contributed by atoms with Crippen LogP contribution in [0.15, 0.2) is 60.7 Å². The van der Waals surface area contributed by atoms with Gasteiger partial charge in [-0.2, -0.15) is 0 Å². The minimum atomic E-state index is 0.862. The molecule has 2 rings (SSSR count). The molecule has 1 N–H and O–H groups in total. The van der Waals surface area contributed by atoms with Crippen molar-refractivity contribution in [2.45, 2.75) is 6.54 Å². The van der Waals surface area contributed by atoms with Crippen LogP contribution in [0.3, 0.4) is 0 Å². The molecule has 0 aliphatic carbocycles. The molecule has 2 aromatic carbocycles. The lowest BCUT2D eigenvalue weighted by Crippen LogP contribution is -2.12. The van der Waals surface area contributed by atoms with E-state index in [0.717, 1.165) is 18.8 Å². The number of hydrogen-bond acceptors (Lipinski definition) is 2. The van der Waals surface area contributed by atoms with Crippen LogP contribution in [-0.4, -0.2) is 13.7 Å². The van der Waals surface area contributed by atoms with Crippen LogP contribution in [0.25, 0.3) is 6.08 Å². The molecule has 19 heavy (non-hydrogen) atoms. The highest BCUT2D eigenvalue weighted by Crippen LogP contribution is 2.11. The molecular formula is C17H19NO. The predicted molar refractivity (Wildman–Crippen MR) is 80.2 cm³/mol. The van der Waals surface area contributed by atoms with Gasteiger partial charge in [-0.25, -0.2) is 0 Å². The minimum Gasteiger partial charge on any atom is -0.497 e. The van der Waals surface area contributed by atoms with Gasteiger partial charge in [0.25, 0.3) is 0 Å². The Kier molecular flexibility index (Phi) is 5.20. The number of hydrogen-bond donors (Lipinski definition) is 1. The SMILES string of the molecule is COc1ccc(C=CCNCc2ccccc2)cc1. The summed E-state index contributed by atoms with van der Waals surface area (Å²) < 4.78 is 5.12. The van der Waals surface area contributed by atoms with E-state index in [1.807, 2.05) is 30.3 Å². The standard InChI is InChI=1S/C17H19NO/c1-19-17-11-9-15(10-12-17)8-5-13-18-14-16-6-3-2-4-7-16/h2-12,18H,13-14H2,1H3. The summed E-state index contributed by atoms with van der Waals surface area (Å²) >= 11 is 0. The summed E-state index contributed by atoms with van der Waals surface area (Å²) in [4.78, 5) is 0. The van der Waals surface area contributed by atoms with Gasteiger partial charge in [-0.3, -0.25) is 0 Å². The molecule has 0 amide bonds. The van der Waals surface area contributed by atoms with Gasteiger partial charge in [0, 0.05) is 13.1 Å². The van der Waals surface area contributed by atoms with Crippen molar-refractivity contribution in [2.75, 3.05) is 13.7 Å². The molecule has 0 atom stereocenters. The number of ether oxygens (including phenoxy) is 1. The van der Waals surface area contributed by atoms with Crippen LogP contribution in [0.1, 0.15) is 11.1 Å². The van der Waals surface area contributed by atoms with E-state index in [1.165, 1.54) is 11.1 Å². The molecule has 0 aliphatic heterocycles. The van der Waals surface area contributed by atoms with Gasteiger partial charge < -0.3 is 10.1 Å². The largest absolute Gasteiger partial charge is 0.497 e. The Morgan fingerprint density at radius 1 is 1.00 bits per heavy atom. The molecule has 0 saturated carbocycles. The summed E-state index contributed by atoms with van der Waals surface area (Å²) in [5, 5.41) is 3.38. The second-order valence-electron chi connectivity index (χ2n) is 4.29. The predicted octanol–water partition coefficient (Wildman–Crippen LogP) is 3.50. The summed E-state index contributed by atoms with van der Waals surface area (Å²) in [6.45, 7) is 1.76. The van der Waals surface area contributed by atoms with E-state index in [2.05, 4.69) is 41.7 Å². The topological polar surface area (TPSA) is 21.3 Å². The van der Waals surface area contributed by atoms with E-state index >= 15 is 0 Å². The molecule has 0 saturated heterocycles. The Bertz CT molecular complexity index is 503. The second-order valence-corrected chi connectivity index (χ2v) is 4.29. The fraction of sp³-hybridized carbons (Fsp3) is 0.176. The molecule has 0 bridgehead atoms. The lowest BCUT2D eigenvalue weighted by molar-refractivity contribution is 0.415. The Morgan fingerprint density at radius 3 is 2.42 bits per heavy atom. The van der Waals surface area contributed by atoms with Crippen molar-refractivity contribution in [3.8, 4) is 5.75 Å². The molecule has 0 aliphatic rings. The van der Waals surface area contributed by atoms with Gasteiger partial charge in [0.05, 0.1) is 7.11 Å². The molecule has 98 valence electrons. The number of methoxy groups -OCH3 is 1. The third kappa shape index (κ3) is 4.60. The first-order valence-electron chi connectivity index (χ1n) is 6.44. The van der Waals surface area contributed by atoms with Crippen molar-refractivity contribution in [2.24, 2.45) is 0 Å². The molecule has 0 radical (unpaired) electrons. The van der Waals surface area contributed by atoms with Crippen molar-refractivity contribution < 1.29 is 4.74 Å². The van der Waals surface area contributed by atoms with Crippen molar-refractivity contribution in [1.82, 2.24) is 5.32 Å². The molecular weight excluding hydrogens is 234 g/mol. The van der Waals surface area contributed by atoms with E-state index in [1.54, 1.807) is 7.11 Å². The molecule has 0 aromatic heterocycles. The van der Waals surface area contributed by atoms with Crippen molar-refractivity contribution in [3.63, 3.8) is 0 Å². The maximum atomic E-state index is 5.12. The van der Waals surface area contributed by atoms with Crippen LogP contribution in [0.5, 0.6) is 5.75 Å². The second kappa shape index (κ2) is 7.39. The zero-order chi connectivity index (χ0) is 13.3. The summed E-state index contributed by atoms with van der Waals surface area (Å²) in [6, 6.07) is 18.4. The lowest BCUT2D eigenvalue weighted by atomic mass is 10.2. The van der Waals surface area contributed by atoms with E-state index in [-0.39, 0.29) is 0 Å². The van der Waals surface area contributed by atoms with Crippen LogP contribution in [0, 0.1) is 0 Å². The highest BCUT2D eigenvalue weighted by Gasteiger charge is 1.90. The molecule has 2 aromatic rings. The maximum absolute atomic E-state index is 5.12. The maximum Gasteiger partial charge on any atom is 0.118 e. The number of rotatable bonds is 6. The van der Waals surface area contributed by atoms with Crippen LogP contribution < -0.4 is 10.1 Å². The monoisotopic (exact) mass is 253 g/mol. The van der Waals surface area contributed by atoms with Gasteiger partial charge in [-0.1, -0.05) is 54.6 Å². The molecule has 2 heteroatoms. The van der Waals surface area contributed by atoms with Crippen molar-refractivity contribution >= 4 is 6.08 Å². The Balaban J connectivity index is 1.74. The molecule has 0 fully saturated rings. The summed E-state index contributed by atoms with van der Waals surface area (Å²) in [6.07, 6.45) is 4.24. The zero-order valence-corrected chi connectivity index (χ0v) is 11.2. The van der Waals surface area contributed by atoms with E-state index in [0.29, 0.717) is 0 Å². The third-order valence-electron chi connectivity index (χ3n) is 2.86. The lowest BCUT2D eigenvalue weighted by Gasteiger charge is -2.01. The van der Waals surface area contributed by atoms with Crippen LogP contribution in [0.4, 0.5) is 0 Å². The zero-order valence-electron chi connectivity index (χ0n) is 11.2. The van der Waals surface area contributed by atoms with Crippen molar-refractivity contribution in [3.05, 3.63) is 71.8 Å². The highest BCUT2D eigenvalue weighted by molar-refractivity contribution is 5.50. The minimum absolute atomic E-state index is 0.862. The Labute approximate surface area is 114 Å². The Morgan fingerprint density at radius 2 is 1.74 bits per heavy atom. The van der Waals surface area contributed by atoms with Gasteiger partial charge in [-0.15, -0.1) is 0 Å². The normalized spacial score (nSPS) is 10.8. The van der Waals surface area contributed by atoms with Gasteiger partial charge in [-0.05, 0) is 23.3 Å². The van der Waals surface area contributed by atoms with Gasteiger partial charge in [0.2, 0.25) is 0 Å². The number of nitrogens with one attached hydrogen (secondary N) is 1. The molecule has 0 unspecified atom stereocenters. The van der Waals surface area contributed by atoms with Gasteiger partial charge in [0.15, 0.2) is 0 Å². The number of benzene rings is 2. The summed E-state index contributed by atoms with van der Waals surface area (Å²) in [7, 11) is 1.68. The van der Waals surface area contributed by atoms with E-state index < -0.39 is 0 Å². The van der Waals surface area contributed by atoms with E-state index in [4.69, 9.17) is 4.74 Å². The molecule has 0 spiro atoms. The highest BCUT2D eigenvalue weighted by atomic mass is 16.5. The van der Waals surface area contributed by atoms with Crippen LogP contribution >= 0.6 is 0 Å². The first-order valence-corrected chi connectivity index (χ1v) is 6.44. The van der Waals surface area contributed by atoms with Crippen LogP contribution in [-0.2, 0) is 6.54 Å². The van der Waals surface area contributed by atoms with Gasteiger partial charge >= 0.3 is 0 Å². The molecule has 0 heterocycles. The fourth-order valence-electron chi connectivity index (χ4n) is 1.81. The van der Waals surface area contributed by atoms with E-state index in [9.17, 15) is 0 Å². The Hall–Kier alpha value is -2.06. The summed E-state index contributed by atoms with van der Waals surface area (Å²) in [5.41, 5.74) is 2.49. The van der Waals surface area contributed by atoms with Crippen LogP contribution in [0.2, 0.25) is 0 Å². The van der Waals surface area contributed by atoms with Crippen molar-refractivity contribution in [1.29, 1.82) is 0 Å². The summed E-state index contributed by atoms with van der Waals surface area (Å²) in [5.74, 6) is 0.888. The first kappa shape index (κ1) is 13.4. The van der Waals surface area contributed by atoms with Gasteiger partial charge in [0.1, 0.15) is 5.75 Å². The molecule has 2 nitrogen and oxygen atoms in total. The fourth-order valence-corrected chi connectivity index (χ4v) is 1.81.